The SMILES string of the molecule is O=CNCC(=O)Nc1ccc(COC(=O)/C=C/c2cccc(-c3cnc(Nc4ccc(F)c(Cl)c4)nc3-n3ccc(C(F)(F)F)n3)c2)cc1. The number of alkyl halides is 3. The predicted molar refractivity (Wildman–Crippen MR) is 172 cm³/mol. The van der Waals surface area contributed by atoms with E-state index in [1.54, 1.807) is 48.5 Å². The molecule has 5 rings (SSSR count). The molecule has 2 heterocycles. The van der Waals surface area contributed by atoms with Gasteiger partial charge in [-0.3, -0.25) is 9.59 Å². The normalized spacial score (nSPS) is 11.3. The maximum atomic E-state index is 13.6. The third-order valence-corrected chi connectivity index (χ3v) is 6.90. The second-order valence-electron chi connectivity index (χ2n) is 10.1. The lowest BCUT2D eigenvalue weighted by atomic mass is 10.0. The second-order valence-corrected chi connectivity index (χ2v) is 10.5. The molecule has 0 aliphatic rings. The van der Waals surface area contributed by atoms with Gasteiger partial charge < -0.3 is 20.7 Å². The summed E-state index contributed by atoms with van der Waals surface area (Å²) in [5.74, 6) is -1.69. The van der Waals surface area contributed by atoms with Crippen molar-refractivity contribution in [2.24, 2.45) is 0 Å². The molecule has 16 heteroatoms. The van der Waals surface area contributed by atoms with Crippen molar-refractivity contribution < 1.29 is 36.7 Å². The zero-order valence-electron chi connectivity index (χ0n) is 25.0. The van der Waals surface area contributed by atoms with E-state index in [-0.39, 0.29) is 29.9 Å². The monoisotopic (exact) mass is 693 g/mol. The van der Waals surface area contributed by atoms with Gasteiger partial charge in [0.2, 0.25) is 18.3 Å². The zero-order chi connectivity index (χ0) is 35.0. The van der Waals surface area contributed by atoms with Crippen molar-refractivity contribution in [2.75, 3.05) is 17.2 Å². The van der Waals surface area contributed by atoms with Crippen LogP contribution in [0.5, 0.6) is 0 Å². The number of hydrogen-bond acceptors (Lipinski definition) is 8. The van der Waals surface area contributed by atoms with Crippen molar-refractivity contribution in [3.05, 3.63) is 119 Å². The Morgan fingerprint density at radius 1 is 1.00 bits per heavy atom. The lowest BCUT2D eigenvalue weighted by Crippen LogP contribution is -2.26. The Morgan fingerprint density at radius 3 is 2.49 bits per heavy atom. The molecule has 0 saturated carbocycles. The number of aromatic nitrogens is 4. The molecule has 49 heavy (non-hydrogen) atoms. The maximum absolute atomic E-state index is 13.6. The molecule has 3 N–H and O–H groups in total. The molecule has 250 valence electrons. The predicted octanol–water partition coefficient (Wildman–Crippen LogP) is 6.33. The van der Waals surface area contributed by atoms with E-state index in [9.17, 15) is 31.9 Å². The Morgan fingerprint density at radius 2 is 1.78 bits per heavy atom. The smallest absolute Gasteiger partial charge is 0.435 e. The number of hydrogen-bond donors (Lipinski definition) is 3. The van der Waals surface area contributed by atoms with Gasteiger partial charge in [-0.15, -0.1) is 0 Å². The quantitative estimate of drug-likeness (QED) is 0.0597. The van der Waals surface area contributed by atoms with E-state index < -0.39 is 29.6 Å². The first-order valence-corrected chi connectivity index (χ1v) is 14.6. The Bertz CT molecular complexity index is 2020. The average Bonchev–Trinajstić information content (AvgIpc) is 3.59. The molecule has 2 amide bonds. The van der Waals surface area contributed by atoms with Crippen LogP contribution in [0.2, 0.25) is 5.02 Å². The first-order valence-electron chi connectivity index (χ1n) is 14.2. The number of ether oxygens (including phenoxy) is 1. The van der Waals surface area contributed by atoms with Gasteiger partial charge in [0, 0.05) is 35.4 Å². The molecule has 0 saturated heterocycles. The number of nitrogens with one attached hydrogen (secondary N) is 3. The van der Waals surface area contributed by atoms with Crippen LogP contribution in [0.1, 0.15) is 16.8 Å². The molecule has 5 aromatic rings. The van der Waals surface area contributed by atoms with Crippen LogP contribution >= 0.6 is 11.6 Å². The molecular weight excluding hydrogens is 670 g/mol. The molecular formula is C33H24ClF4N7O4. The lowest BCUT2D eigenvalue weighted by molar-refractivity contribution is -0.141. The van der Waals surface area contributed by atoms with Crippen LogP contribution in [0.4, 0.5) is 34.9 Å². The third-order valence-electron chi connectivity index (χ3n) is 6.62. The Kier molecular flexibility index (Phi) is 10.6. The molecule has 0 aliphatic heterocycles. The van der Waals surface area contributed by atoms with E-state index in [0.29, 0.717) is 40.0 Å². The number of carbonyl (C=O) groups excluding carboxylic acids is 3. The topological polar surface area (TPSA) is 140 Å². The maximum Gasteiger partial charge on any atom is 0.435 e. The van der Waals surface area contributed by atoms with E-state index >= 15 is 0 Å². The number of rotatable bonds is 12. The van der Waals surface area contributed by atoms with Gasteiger partial charge >= 0.3 is 12.1 Å². The van der Waals surface area contributed by atoms with Crippen molar-refractivity contribution in [1.82, 2.24) is 25.1 Å². The van der Waals surface area contributed by atoms with Crippen LogP contribution in [0.25, 0.3) is 23.0 Å². The fraction of sp³-hybridized carbons (Fsp3) is 0.0909. The van der Waals surface area contributed by atoms with Crippen LogP contribution in [0.15, 0.2) is 91.3 Å². The van der Waals surface area contributed by atoms with Crippen LogP contribution in [0, 0.1) is 5.82 Å². The molecule has 3 aromatic carbocycles. The summed E-state index contributed by atoms with van der Waals surface area (Å²) in [7, 11) is 0. The van der Waals surface area contributed by atoms with Crippen molar-refractivity contribution >= 4 is 53.3 Å². The first-order chi connectivity index (χ1) is 23.5. The number of halogens is 5. The standard InChI is InChI=1S/C33H24ClF4N7O4/c34-26-15-24(9-10-27(26)35)42-32-40-16-25(31(43-32)45-13-12-28(44-45)33(36,37)38)22-3-1-2-20(14-22)6-11-30(48)49-18-21-4-7-23(8-5-21)41-29(47)17-39-19-46/h1-16,19H,17-18H2,(H,39,46)(H,41,47)(H,40,42,43)/b11-6+. The van der Waals surface area contributed by atoms with Gasteiger partial charge in [0.1, 0.15) is 12.4 Å². The van der Waals surface area contributed by atoms with E-state index in [2.05, 4.69) is 31.0 Å². The van der Waals surface area contributed by atoms with E-state index in [1.807, 2.05) is 0 Å². The molecule has 0 atom stereocenters. The van der Waals surface area contributed by atoms with E-state index in [0.717, 1.165) is 23.0 Å². The molecule has 0 bridgehead atoms. The minimum atomic E-state index is -4.69. The van der Waals surface area contributed by atoms with Crippen LogP contribution in [-0.4, -0.2) is 44.6 Å². The van der Waals surface area contributed by atoms with Gasteiger partial charge in [0.15, 0.2) is 11.5 Å². The van der Waals surface area contributed by atoms with E-state index in [1.165, 1.54) is 30.5 Å². The molecule has 0 aliphatic carbocycles. The highest BCUT2D eigenvalue weighted by Crippen LogP contribution is 2.31. The summed E-state index contributed by atoms with van der Waals surface area (Å²) in [5, 5.41) is 11.2. The Balaban J connectivity index is 1.32. The van der Waals surface area contributed by atoms with Crippen LogP contribution in [0.3, 0.4) is 0 Å². The minimum absolute atomic E-state index is 0.00460. The van der Waals surface area contributed by atoms with Crippen molar-refractivity contribution in [2.45, 2.75) is 12.8 Å². The summed E-state index contributed by atoms with van der Waals surface area (Å²) in [6, 6.07) is 17.9. The van der Waals surface area contributed by atoms with Gasteiger partial charge in [-0.05, 0) is 65.2 Å². The van der Waals surface area contributed by atoms with Crippen molar-refractivity contribution in [3.8, 4) is 16.9 Å². The van der Waals surface area contributed by atoms with Crippen molar-refractivity contribution in [1.29, 1.82) is 0 Å². The van der Waals surface area contributed by atoms with Gasteiger partial charge in [-0.25, -0.2) is 18.9 Å². The Hall–Kier alpha value is -6.09. The molecule has 0 radical (unpaired) electrons. The molecule has 2 aromatic heterocycles. The number of anilines is 3. The van der Waals surface area contributed by atoms with Gasteiger partial charge in [0.25, 0.3) is 0 Å². The average molecular weight is 694 g/mol. The number of amides is 2. The summed E-state index contributed by atoms with van der Waals surface area (Å²) < 4.78 is 60.1. The largest absolute Gasteiger partial charge is 0.458 e. The molecule has 0 unspecified atom stereocenters. The van der Waals surface area contributed by atoms with Crippen molar-refractivity contribution in [3.63, 3.8) is 0 Å². The lowest BCUT2D eigenvalue weighted by Gasteiger charge is -2.12. The fourth-order valence-electron chi connectivity index (χ4n) is 4.31. The van der Waals surface area contributed by atoms with Gasteiger partial charge in [-0.1, -0.05) is 41.9 Å². The summed E-state index contributed by atoms with van der Waals surface area (Å²) in [6.07, 6.45) is 0.949. The number of nitrogens with zero attached hydrogens (tertiary/aromatic N) is 4. The van der Waals surface area contributed by atoms with Gasteiger partial charge in [0.05, 0.1) is 11.6 Å². The molecule has 0 fully saturated rings. The highest BCUT2D eigenvalue weighted by molar-refractivity contribution is 6.31. The van der Waals surface area contributed by atoms with Gasteiger partial charge in [-0.2, -0.15) is 23.3 Å². The number of carbonyl (C=O) groups is 3. The molecule has 11 nitrogen and oxygen atoms in total. The fourth-order valence-corrected chi connectivity index (χ4v) is 4.49. The summed E-state index contributed by atoms with van der Waals surface area (Å²) in [6.45, 7) is -0.210. The molecule has 0 spiro atoms. The summed E-state index contributed by atoms with van der Waals surface area (Å²) >= 11 is 5.86. The second kappa shape index (κ2) is 15.2. The first kappa shape index (κ1) is 34.3. The number of esters is 1. The zero-order valence-corrected chi connectivity index (χ0v) is 25.8. The van der Waals surface area contributed by atoms with Crippen LogP contribution < -0.4 is 16.0 Å². The number of benzene rings is 3. The minimum Gasteiger partial charge on any atom is -0.458 e. The van der Waals surface area contributed by atoms with E-state index in [4.69, 9.17) is 16.3 Å². The Labute approximate surface area is 280 Å². The summed E-state index contributed by atoms with van der Waals surface area (Å²) in [4.78, 5) is 43.1. The highest BCUT2D eigenvalue weighted by Gasteiger charge is 2.34. The highest BCUT2D eigenvalue weighted by atomic mass is 35.5. The van der Waals surface area contributed by atoms with Crippen LogP contribution in [-0.2, 0) is 31.9 Å². The summed E-state index contributed by atoms with van der Waals surface area (Å²) in [5.41, 5.74) is 1.75. The third kappa shape index (κ3) is 9.26.